The number of aliphatic hydroxyl groups excluding tert-OH is 1. The van der Waals surface area contributed by atoms with Crippen LogP contribution in [-0.2, 0) is 14.4 Å². The van der Waals surface area contributed by atoms with Crippen molar-refractivity contribution >= 4 is 17.5 Å². The Labute approximate surface area is 153 Å². The van der Waals surface area contributed by atoms with Crippen LogP contribution in [0, 0.1) is 0 Å². The Hall–Kier alpha value is -2.38. The Bertz CT molecular complexity index is 679. The minimum Gasteiger partial charge on any atom is -0.387 e. The van der Waals surface area contributed by atoms with Gasteiger partial charge in [-0.2, -0.15) is 0 Å². The Balaban J connectivity index is 1.57. The number of nitrogens with one attached hydrogen (secondary N) is 2. The SMILES string of the molecule is CC(=O)NCC1C=C(c2ccc(C3CCN(C(=O)CO)CC3)cc2)NO1. The maximum absolute atomic E-state index is 11.5. The fraction of sp³-hybridized carbons (Fsp3) is 0.474. The number of hydroxylamine groups is 1. The van der Waals surface area contributed by atoms with Gasteiger partial charge < -0.3 is 15.3 Å². The van der Waals surface area contributed by atoms with Crippen molar-refractivity contribution in [1.82, 2.24) is 15.7 Å². The minimum atomic E-state index is -0.410. The molecule has 0 aliphatic carbocycles. The molecule has 0 aromatic heterocycles. The summed E-state index contributed by atoms with van der Waals surface area (Å²) in [6, 6.07) is 8.35. The lowest BCUT2D eigenvalue weighted by molar-refractivity contribution is -0.135. The second-order valence-electron chi connectivity index (χ2n) is 6.71. The van der Waals surface area contributed by atoms with Gasteiger partial charge in [0.25, 0.3) is 0 Å². The van der Waals surface area contributed by atoms with Crippen LogP contribution in [0.25, 0.3) is 5.70 Å². The zero-order valence-electron chi connectivity index (χ0n) is 14.9. The average Bonchev–Trinajstić information content (AvgIpc) is 3.15. The minimum absolute atomic E-state index is 0.0773. The first-order chi connectivity index (χ1) is 12.6. The average molecular weight is 359 g/mol. The Morgan fingerprint density at radius 3 is 2.58 bits per heavy atom. The lowest BCUT2D eigenvalue weighted by Gasteiger charge is -2.32. The highest BCUT2D eigenvalue weighted by molar-refractivity contribution is 5.77. The summed E-state index contributed by atoms with van der Waals surface area (Å²) in [5.74, 6) is 0.166. The highest BCUT2D eigenvalue weighted by Gasteiger charge is 2.23. The van der Waals surface area contributed by atoms with E-state index < -0.39 is 6.61 Å². The van der Waals surface area contributed by atoms with Crippen molar-refractivity contribution in [2.45, 2.75) is 31.8 Å². The van der Waals surface area contributed by atoms with Crippen LogP contribution in [0.2, 0.25) is 0 Å². The molecule has 0 spiro atoms. The maximum atomic E-state index is 11.5. The van der Waals surface area contributed by atoms with Crippen LogP contribution in [0.5, 0.6) is 0 Å². The van der Waals surface area contributed by atoms with Gasteiger partial charge >= 0.3 is 0 Å². The molecule has 0 bridgehead atoms. The Morgan fingerprint density at radius 2 is 1.96 bits per heavy atom. The largest absolute Gasteiger partial charge is 0.387 e. The van der Waals surface area contributed by atoms with E-state index in [0.717, 1.165) is 24.1 Å². The van der Waals surface area contributed by atoms with Crippen LogP contribution in [-0.4, -0.2) is 54.2 Å². The lowest BCUT2D eigenvalue weighted by Crippen LogP contribution is -2.39. The molecule has 0 radical (unpaired) electrons. The zero-order valence-corrected chi connectivity index (χ0v) is 14.9. The number of carbonyl (C=O) groups excluding carboxylic acids is 2. The first kappa shape index (κ1) is 18.4. The number of likely N-dealkylation sites (tertiary alicyclic amines) is 1. The van der Waals surface area contributed by atoms with Crippen LogP contribution in [0.4, 0.5) is 0 Å². The fourth-order valence-electron chi connectivity index (χ4n) is 3.39. The summed E-state index contributed by atoms with van der Waals surface area (Å²) in [6.45, 7) is 2.89. The van der Waals surface area contributed by atoms with Crippen molar-refractivity contribution in [3.63, 3.8) is 0 Å². The molecule has 140 valence electrons. The third kappa shape index (κ3) is 4.42. The van der Waals surface area contributed by atoms with Crippen LogP contribution < -0.4 is 10.8 Å². The van der Waals surface area contributed by atoms with Crippen molar-refractivity contribution in [3.8, 4) is 0 Å². The van der Waals surface area contributed by atoms with Crippen molar-refractivity contribution in [2.75, 3.05) is 26.2 Å². The van der Waals surface area contributed by atoms with Gasteiger partial charge in [0.2, 0.25) is 11.8 Å². The normalized spacial score (nSPS) is 20.5. The molecule has 0 saturated carbocycles. The van der Waals surface area contributed by atoms with Crippen molar-refractivity contribution in [3.05, 3.63) is 41.5 Å². The fourth-order valence-corrected chi connectivity index (χ4v) is 3.39. The predicted molar refractivity (Wildman–Crippen MR) is 96.8 cm³/mol. The molecule has 1 unspecified atom stereocenters. The van der Waals surface area contributed by atoms with Crippen LogP contribution in [0.3, 0.4) is 0 Å². The number of piperidine rings is 1. The summed E-state index contributed by atoms with van der Waals surface area (Å²) >= 11 is 0. The number of nitrogens with zero attached hydrogens (tertiary/aromatic N) is 1. The number of aliphatic hydroxyl groups is 1. The molecule has 2 amide bonds. The van der Waals surface area contributed by atoms with Gasteiger partial charge in [0.15, 0.2) is 0 Å². The van der Waals surface area contributed by atoms with Gasteiger partial charge in [0, 0.05) is 20.0 Å². The lowest BCUT2D eigenvalue weighted by atomic mass is 9.89. The van der Waals surface area contributed by atoms with Gasteiger partial charge in [-0.05, 0) is 36.0 Å². The van der Waals surface area contributed by atoms with E-state index in [-0.39, 0.29) is 17.9 Å². The summed E-state index contributed by atoms with van der Waals surface area (Å²) in [5, 5.41) is 11.7. The molecule has 2 aliphatic rings. The van der Waals surface area contributed by atoms with Crippen molar-refractivity contribution in [2.24, 2.45) is 0 Å². The standard InChI is InChI=1S/C19H25N3O4/c1-13(24)20-11-17-10-18(21-26-17)16-4-2-14(3-5-16)15-6-8-22(9-7-15)19(25)12-23/h2-5,10,15,17,21,23H,6-9,11-12H2,1H3,(H,20,24). The maximum Gasteiger partial charge on any atom is 0.248 e. The van der Waals surface area contributed by atoms with Gasteiger partial charge in [-0.1, -0.05) is 24.3 Å². The van der Waals surface area contributed by atoms with E-state index >= 15 is 0 Å². The molecular weight excluding hydrogens is 334 g/mol. The number of rotatable bonds is 5. The monoisotopic (exact) mass is 359 g/mol. The molecule has 1 atom stereocenters. The number of amides is 2. The van der Waals surface area contributed by atoms with Crippen molar-refractivity contribution in [1.29, 1.82) is 0 Å². The predicted octanol–water partition coefficient (Wildman–Crippen LogP) is 0.765. The molecule has 2 heterocycles. The second kappa shape index (κ2) is 8.33. The summed E-state index contributed by atoms with van der Waals surface area (Å²) in [4.78, 5) is 29.7. The molecule has 1 fully saturated rings. The molecule has 1 saturated heterocycles. The molecule has 2 aliphatic heterocycles. The highest BCUT2D eigenvalue weighted by Crippen LogP contribution is 2.29. The van der Waals surface area contributed by atoms with E-state index in [1.165, 1.54) is 12.5 Å². The second-order valence-corrected chi connectivity index (χ2v) is 6.71. The number of hydrogen-bond donors (Lipinski definition) is 3. The molecule has 1 aromatic carbocycles. The summed E-state index contributed by atoms with van der Waals surface area (Å²) in [7, 11) is 0. The number of carbonyl (C=O) groups is 2. The van der Waals surface area contributed by atoms with Gasteiger partial charge in [-0.15, -0.1) is 0 Å². The van der Waals surface area contributed by atoms with E-state index in [1.807, 2.05) is 6.08 Å². The molecule has 3 N–H and O–H groups in total. The number of benzene rings is 1. The summed E-state index contributed by atoms with van der Waals surface area (Å²) in [5.41, 5.74) is 6.11. The smallest absolute Gasteiger partial charge is 0.248 e. The molecule has 7 heteroatoms. The Morgan fingerprint density at radius 1 is 1.27 bits per heavy atom. The van der Waals surface area contributed by atoms with Gasteiger partial charge in [0.1, 0.15) is 12.7 Å². The van der Waals surface area contributed by atoms with E-state index in [4.69, 9.17) is 9.94 Å². The van der Waals surface area contributed by atoms with Crippen LogP contribution in [0.1, 0.15) is 36.8 Å². The molecule has 3 rings (SSSR count). The third-order valence-electron chi connectivity index (χ3n) is 4.90. The van der Waals surface area contributed by atoms with Crippen LogP contribution in [0.15, 0.2) is 30.3 Å². The summed E-state index contributed by atoms with van der Waals surface area (Å²) in [6.07, 6.45) is 3.60. The van der Waals surface area contributed by atoms with Gasteiger partial charge in [-0.3, -0.25) is 19.9 Å². The van der Waals surface area contributed by atoms with Gasteiger partial charge in [-0.25, -0.2) is 0 Å². The number of hydrogen-bond acceptors (Lipinski definition) is 5. The zero-order chi connectivity index (χ0) is 18.5. The van der Waals surface area contributed by atoms with E-state index in [2.05, 4.69) is 35.1 Å². The summed E-state index contributed by atoms with van der Waals surface area (Å²) < 4.78 is 0. The molecule has 7 nitrogen and oxygen atoms in total. The van der Waals surface area contributed by atoms with E-state index in [0.29, 0.717) is 25.6 Å². The van der Waals surface area contributed by atoms with E-state index in [9.17, 15) is 9.59 Å². The first-order valence-electron chi connectivity index (χ1n) is 8.93. The quantitative estimate of drug-likeness (QED) is 0.722. The molecular formula is C19H25N3O4. The first-order valence-corrected chi connectivity index (χ1v) is 8.93. The van der Waals surface area contributed by atoms with Crippen molar-refractivity contribution < 1.29 is 19.5 Å². The van der Waals surface area contributed by atoms with Gasteiger partial charge in [0.05, 0.1) is 12.2 Å². The van der Waals surface area contributed by atoms with E-state index in [1.54, 1.807) is 4.90 Å². The third-order valence-corrected chi connectivity index (χ3v) is 4.90. The topological polar surface area (TPSA) is 90.9 Å². The highest BCUT2D eigenvalue weighted by atomic mass is 16.7. The molecule has 1 aromatic rings. The Kier molecular flexibility index (Phi) is 5.90. The van der Waals surface area contributed by atoms with Crippen LogP contribution >= 0.6 is 0 Å². The molecule has 26 heavy (non-hydrogen) atoms.